The Kier molecular flexibility index (Phi) is 11.1. The highest BCUT2D eigenvalue weighted by Gasteiger charge is 2.19. The summed E-state index contributed by atoms with van der Waals surface area (Å²) in [6, 6.07) is 0. The van der Waals surface area contributed by atoms with Crippen LogP contribution in [0.25, 0.3) is 0 Å². The quantitative estimate of drug-likeness (QED) is 0.361. The molecule has 0 spiro atoms. The lowest BCUT2D eigenvalue weighted by Gasteiger charge is -2.32. The van der Waals surface area contributed by atoms with Gasteiger partial charge in [-0.05, 0) is 26.2 Å². The summed E-state index contributed by atoms with van der Waals surface area (Å²) in [6.45, 7) is 10.2. The van der Waals surface area contributed by atoms with Gasteiger partial charge in [0.25, 0.3) is 0 Å². The topological polar surface area (TPSA) is 66.3 Å². The predicted octanol–water partition coefficient (Wildman–Crippen LogP) is 1.24. The lowest BCUT2D eigenvalue weighted by molar-refractivity contribution is 0.0496. The molecule has 0 aromatic carbocycles. The third-order valence-corrected chi connectivity index (χ3v) is 3.61. The number of hydrogen-bond donors (Lipinski definition) is 2. The Morgan fingerprint density at radius 3 is 2.45 bits per heavy atom. The van der Waals surface area contributed by atoms with Crippen LogP contribution in [0.4, 0.5) is 0 Å². The van der Waals surface area contributed by atoms with Crippen molar-refractivity contribution in [2.24, 2.45) is 4.99 Å². The van der Waals surface area contributed by atoms with Crippen molar-refractivity contribution in [2.75, 3.05) is 52.6 Å². The van der Waals surface area contributed by atoms with E-state index in [-0.39, 0.29) is 6.10 Å². The van der Waals surface area contributed by atoms with Crippen LogP contribution in [0.3, 0.4) is 0 Å². The van der Waals surface area contributed by atoms with Gasteiger partial charge >= 0.3 is 0 Å². The van der Waals surface area contributed by atoms with Crippen molar-refractivity contribution in [1.82, 2.24) is 10.2 Å². The van der Waals surface area contributed by atoms with Gasteiger partial charge in [-0.2, -0.15) is 0 Å². The van der Waals surface area contributed by atoms with Crippen LogP contribution in [-0.4, -0.2) is 74.7 Å². The van der Waals surface area contributed by atoms with Gasteiger partial charge in [0.05, 0.1) is 32.5 Å². The van der Waals surface area contributed by atoms with E-state index < -0.39 is 0 Å². The number of likely N-dealkylation sites (tertiary alicyclic amines) is 1. The van der Waals surface area contributed by atoms with Crippen molar-refractivity contribution in [3.8, 4) is 0 Å². The molecule has 1 rings (SSSR count). The molecule has 0 unspecified atom stereocenters. The number of aliphatic hydroxyl groups is 1. The van der Waals surface area contributed by atoms with Gasteiger partial charge in [0.1, 0.15) is 0 Å². The number of unbranched alkanes of at least 4 members (excludes halogenated alkanes) is 1. The summed E-state index contributed by atoms with van der Waals surface area (Å²) >= 11 is 0. The van der Waals surface area contributed by atoms with Gasteiger partial charge in [-0.1, -0.05) is 13.3 Å². The first-order valence-corrected chi connectivity index (χ1v) is 8.64. The van der Waals surface area contributed by atoms with Crippen LogP contribution in [0.15, 0.2) is 4.99 Å². The molecule has 1 aliphatic rings. The lowest BCUT2D eigenvalue weighted by atomic mass is 10.1. The SMILES string of the molecule is CCCCOCCOCCN=C(NCC)N1CCC(O)CC1. The maximum absolute atomic E-state index is 9.57. The second-order valence-corrected chi connectivity index (χ2v) is 5.53. The van der Waals surface area contributed by atoms with E-state index in [2.05, 4.69) is 29.1 Å². The zero-order valence-electron chi connectivity index (χ0n) is 14.2. The smallest absolute Gasteiger partial charge is 0.193 e. The van der Waals surface area contributed by atoms with Crippen LogP contribution in [0.2, 0.25) is 0 Å². The molecule has 22 heavy (non-hydrogen) atoms. The van der Waals surface area contributed by atoms with Crippen LogP contribution in [-0.2, 0) is 9.47 Å². The van der Waals surface area contributed by atoms with Crippen molar-refractivity contribution in [1.29, 1.82) is 0 Å². The molecule has 0 radical (unpaired) electrons. The first-order valence-electron chi connectivity index (χ1n) is 8.64. The van der Waals surface area contributed by atoms with Crippen molar-refractivity contribution >= 4 is 5.96 Å². The number of aliphatic imine (C=N–C) groups is 1. The molecule has 6 nitrogen and oxygen atoms in total. The standard InChI is InChI=1S/C16H33N3O3/c1-3-5-11-21-13-14-22-12-8-18-16(17-4-2)19-9-6-15(20)7-10-19/h15,20H,3-14H2,1-2H3,(H,17,18). The number of guanidine groups is 1. The van der Waals surface area contributed by atoms with Gasteiger partial charge in [-0.3, -0.25) is 4.99 Å². The molecule has 2 N–H and O–H groups in total. The van der Waals surface area contributed by atoms with E-state index in [0.29, 0.717) is 26.4 Å². The first kappa shape index (κ1) is 19.2. The molecular weight excluding hydrogens is 282 g/mol. The molecule has 1 heterocycles. The Hall–Kier alpha value is -0.850. The number of piperidine rings is 1. The Bertz CT molecular complexity index is 292. The first-order chi connectivity index (χ1) is 10.8. The number of aliphatic hydroxyl groups excluding tert-OH is 1. The third-order valence-electron chi connectivity index (χ3n) is 3.61. The van der Waals surface area contributed by atoms with Crippen LogP contribution in [0, 0.1) is 0 Å². The van der Waals surface area contributed by atoms with E-state index >= 15 is 0 Å². The minimum absolute atomic E-state index is 0.157. The number of rotatable bonds is 10. The average molecular weight is 315 g/mol. The summed E-state index contributed by atoms with van der Waals surface area (Å²) in [7, 11) is 0. The fraction of sp³-hybridized carbons (Fsp3) is 0.938. The molecule has 0 aliphatic carbocycles. The zero-order valence-corrected chi connectivity index (χ0v) is 14.2. The molecule has 0 aromatic rings. The van der Waals surface area contributed by atoms with Crippen molar-refractivity contribution in [3.05, 3.63) is 0 Å². The summed E-state index contributed by atoms with van der Waals surface area (Å²) in [5, 5.41) is 12.9. The van der Waals surface area contributed by atoms with Gasteiger partial charge in [0, 0.05) is 26.2 Å². The molecule has 0 aromatic heterocycles. The largest absolute Gasteiger partial charge is 0.393 e. The molecule has 0 amide bonds. The summed E-state index contributed by atoms with van der Waals surface area (Å²) in [5.41, 5.74) is 0. The Morgan fingerprint density at radius 1 is 1.14 bits per heavy atom. The highest BCUT2D eigenvalue weighted by atomic mass is 16.5. The van der Waals surface area contributed by atoms with Crippen LogP contribution in [0.1, 0.15) is 39.5 Å². The molecule has 6 heteroatoms. The minimum Gasteiger partial charge on any atom is -0.393 e. The fourth-order valence-electron chi connectivity index (χ4n) is 2.29. The van der Waals surface area contributed by atoms with Gasteiger partial charge in [0.2, 0.25) is 0 Å². The summed E-state index contributed by atoms with van der Waals surface area (Å²) in [4.78, 5) is 6.81. The third kappa shape index (κ3) is 8.56. The predicted molar refractivity (Wildman–Crippen MR) is 89.3 cm³/mol. The molecule has 0 saturated carbocycles. The Labute approximate surface area is 134 Å². The van der Waals surface area contributed by atoms with E-state index in [1.807, 2.05) is 0 Å². The van der Waals surface area contributed by atoms with Gasteiger partial charge in [-0.25, -0.2) is 0 Å². The molecule has 1 fully saturated rings. The summed E-state index contributed by atoms with van der Waals surface area (Å²) in [5.74, 6) is 0.928. The summed E-state index contributed by atoms with van der Waals surface area (Å²) < 4.78 is 11.0. The molecular formula is C16H33N3O3. The fourth-order valence-corrected chi connectivity index (χ4v) is 2.29. The number of nitrogens with one attached hydrogen (secondary N) is 1. The molecule has 130 valence electrons. The van der Waals surface area contributed by atoms with Gasteiger partial charge < -0.3 is 24.8 Å². The van der Waals surface area contributed by atoms with Gasteiger partial charge in [0.15, 0.2) is 5.96 Å². The second kappa shape index (κ2) is 12.7. The van der Waals surface area contributed by atoms with Crippen LogP contribution in [0.5, 0.6) is 0 Å². The highest BCUT2D eigenvalue weighted by molar-refractivity contribution is 5.80. The van der Waals surface area contributed by atoms with E-state index in [1.165, 1.54) is 0 Å². The Balaban J connectivity index is 2.14. The van der Waals surface area contributed by atoms with E-state index in [0.717, 1.165) is 57.9 Å². The molecule has 1 aliphatic heterocycles. The minimum atomic E-state index is -0.157. The average Bonchev–Trinajstić information content (AvgIpc) is 2.53. The van der Waals surface area contributed by atoms with E-state index in [4.69, 9.17) is 9.47 Å². The zero-order chi connectivity index (χ0) is 16.0. The van der Waals surface area contributed by atoms with Crippen molar-refractivity contribution < 1.29 is 14.6 Å². The maximum atomic E-state index is 9.57. The monoisotopic (exact) mass is 315 g/mol. The number of ether oxygens (including phenoxy) is 2. The normalized spacial score (nSPS) is 17.0. The summed E-state index contributed by atoms with van der Waals surface area (Å²) in [6.07, 6.45) is 3.75. The molecule has 1 saturated heterocycles. The number of nitrogens with zero attached hydrogens (tertiary/aromatic N) is 2. The van der Waals surface area contributed by atoms with Gasteiger partial charge in [-0.15, -0.1) is 0 Å². The second-order valence-electron chi connectivity index (χ2n) is 5.53. The molecule has 0 bridgehead atoms. The van der Waals surface area contributed by atoms with E-state index in [1.54, 1.807) is 0 Å². The maximum Gasteiger partial charge on any atom is 0.193 e. The number of hydrogen-bond acceptors (Lipinski definition) is 4. The lowest BCUT2D eigenvalue weighted by Crippen LogP contribution is -2.46. The van der Waals surface area contributed by atoms with E-state index in [9.17, 15) is 5.11 Å². The van der Waals surface area contributed by atoms with Crippen LogP contribution < -0.4 is 5.32 Å². The van der Waals surface area contributed by atoms with Crippen molar-refractivity contribution in [3.63, 3.8) is 0 Å². The Morgan fingerprint density at radius 2 is 1.82 bits per heavy atom. The van der Waals surface area contributed by atoms with Crippen molar-refractivity contribution in [2.45, 2.75) is 45.6 Å². The highest BCUT2D eigenvalue weighted by Crippen LogP contribution is 2.09. The van der Waals surface area contributed by atoms with Crippen LogP contribution >= 0.6 is 0 Å². The molecule has 0 atom stereocenters.